The van der Waals surface area contributed by atoms with Gasteiger partial charge in [-0.2, -0.15) is 0 Å². The second-order valence-electron chi connectivity index (χ2n) is 4.16. The van der Waals surface area contributed by atoms with Crippen molar-refractivity contribution in [2.45, 2.75) is 0 Å². The van der Waals surface area contributed by atoms with Gasteiger partial charge in [0.15, 0.2) is 0 Å². The Bertz CT molecular complexity index is 643. The number of fused-ring (bicyclic) bond motifs is 2. The van der Waals surface area contributed by atoms with Crippen molar-refractivity contribution >= 4 is 50.2 Å². The van der Waals surface area contributed by atoms with Crippen LogP contribution in [0.3, 0.4) is 0 Å². The molecule has 5 nitrogen and oxygen atoms in total. The van der Waals surface area contributed by atoms with E-state index >= 15 is 0 Å². The molecule has 0 aliphatic rings. The van der Waals surface area contributed by atoms with E-state index in [4.69, 9.17) is 0 Å². The Hall–Kier alpha value is -1.88. The van der Waals surface area contributed by atoms with Crippen LogP contribution in [-0.4, -0.2) is 53.8 Å². The first-order chi connectivity index (χ1) is 10.9. The summed E-state index contributed by atoms with van der Waals surface area (Å²) >= 11 is 5.00. The third kappa shape index (κ3) is 5.67. The molecule has 2 heterocycles. The summed E-state index contributed by atoms with van der Waals surface area (Å²) < 4.78 is 0. The molecule has 0 amide bonds. The van der Waals surface area contributed by atoms with Crippen LogP contribution in [0.4, 0.5) is 0 Å². The number of benzene rings is 2. The SMILES string of the molecule is O.[Se][Se].c1ccc2ncncc2c1.c1ccc2ncncc2c1. The van der Waals surface area contributed by atoms with Crippen LogP contribution in [0.2, 0.25) is 0 Å². The van der Waals surface area contributed by atoms with Gasteiger partial charge in [-0.15, -0.1) is 0 Å². The smallest absolute Gasteiger partial charge is 0.116 e. The van der Waals surface area contributed by atoms with E-state index in [9.17, 15) is 0 Å². The molecule has 116 valence electrons. The van der Waals surface area contributed by atoms with Gasteiger partial charge in [0.05, 0.1) is 11.0 Å². The average molecular weight is 436 g/mol. The predicted molar refractivity (Wildman–Crippen MR) is 94.2 cm³/mol. The van der Waals surface area contributed by atoms with E-state index in [-0.39, 0.29) is 5.48 Å². The number of hydrogen-bond donors (Lipinski definition) is 0. The third-order valence-electron chi connectivity index (χ3n) is 2.83. The monoisotopic (exact) mass is 438 g/mol. The maximum absolute atomic E-state index is 4.07. The topological polar surface area (TPSA) is 83.1 Å². The fourth-order valence-electron chi connectivity index (χ4n) is 1.85. The molecule has 4 aromatic rings. The Morgan fingerprint density at radius 1 is 0.609 bits per heavy atom. The first kappa shape index (κ1) is 19.2. The molecule has 2 aromatic heterocycles. The second kappa shape index (κ2) is 10.8. The summed E-state index contributed by atoms with van der Waals surface area (Å²) in [6, 6.07) is 15.8. The van der Waals surface area contributed by atoms with Crippen LogP contribution >= 0.6 is 0 Å². The van der Waals surface area contributed by atoms with Crippen molar-refractivity contribution in [3.63, 3.8) is 0 Å². The fraction of sp³-hybridized carbons (Fsp3) is 0. The summed E-state index contributed by atoms with van der Waals surface area (Å²) in [7, 11) is 0. The molecule has 0 aliphatic carbocycles. The molecule has 0 spiro atoms. The van der Waals surface area contributed by atoms with Crippen molar-refractivity contribution in [2.24, 2.45) is 0 Å². The van der Waals surface area contributed by atoms with E-state index in [0.29, 0.717) is 0 Å². The van der Waals surface area contributed by atoms with E-state index in [1.165, 1.54) is 0 Å². The number of hydrogen-bond acceptors (Lipinski definition) is 4. The largest absolute Gasteiger partial charge is 0.244 e. The third-order valence-corrected chi connectivity index (χ3v) is 2.83. The van der Waals surface area contributed by atoms with Gasteiger partial charge in [-0.25, -0.2) is 19.9 Å². The maximum atomic E-state index is 4.07. The van der Waals surface area contributed by atoms with Gasteiger partial charge in [-0.3, -0.25) is 0 Å². The molecule has 2 N–H and O–H groups in total. The molecule has 0 saturated carbocycles. The van der Waals surface area contributed by atoms with Gasteiger partial charge in [0, 0.05) is 23.2 Å². The molecule has 0 bridgehead atoms. The molecule has 2 aromatic carbocycles. The summed E-state index contributed by atoms with van der Waals surface area (Å²) in [6.07, 6.45) is 6.73. The Morgan fingerprint density at radius 3 is 1.39 bits per heavy atom. The van der Waals surface area contributed by atoms with Crippen LogP contribution in [0.5, 0.6) is 0 Å². The Kier molecular flexibility index (Phi) is 8.98. The predicted octanol–water partition coefficient (Wildman–Crippen LogP) is 1.67. The van der Waals surface area contributed by atoms with Gasteiger partial charge in [-0.05, 0) is 12.1 Å². The molecule has 0 unspecified atom stereocenters. The van der Waals surface area contributed by atoms with Crippen molar-refractivity contribution in [2.75, 3.05) is 0 Å². The summed E-state index contributed by atoms with van der Waals surface area (Å²) in [4.78, 5) is 15.9. The summed E-state index contributed by atoms with van der Waals surface area (Å²) in [5.41, 5.74) is 2.00. The van der Waals surface area contributed by atoms with Gasteiger partial charge in [0.1, 0.15) is 12.7 Å². The zero-order valence-electron chi connectivity index (χ0n) is 12.0. The van der Waals surface area contributed by atoms with Crippen molar-refractivity contribution in [1.82, 2.24) is 19.9 Å². The molecular weight excluding hydrogens is 422 g/mol. The molecule has 0 saturated heterocycles. The van der Waals surface area contributed by atoms with Crippen molar-refractivity contribution in [1.29, 1.82) is 0 Å². The molecule has 7 heteroatoms. The molecule has 0 aliphatic heterocycles. The van der Waals surface area contributed by atoms with Gasteiger partial charge in [-0.1, -0.05) is 36.4 Å². The van der Waals surface area contributed by atoms with Gasteiger partial charge >= 0.3 is 28.4 Å². The van der Waals surface area contributed by atoms with Crippen molar-refractivity contribution in [3.05, 3.63) is 73.6 Å². The maximum Gasteiger partial charge on any atom is 0.116 e. The molecule has 4 rings (SSSR count). The van der Waals surface area contributed by atoms with E-state index < -0.39 is 0 Å². The Morgan fingerprint density at radius 2 is 1.00 bits per heavy atom. The van der Waals surface area contributed by atoms with Gasteiger partial charge < -0.3 is 5.48 Å². The quantitative estimate of drug-likeness (QED) is 0.393. The standard InChI is InChI=1S/2C8H6N2.H2O.Se2/c2*1-2-4-8-7(3-1)5-9-6-10-8;;1-2/h2*1-6H;1H2;. The minimum absolute atomic E-state index is 0. The number of nitrogens with zero attached hydrogens (tertiary/aromatic N) is 4. The minimum Gasteiger partial charge on any atom is -0.244 e. The van der Waals surface area contributed by atoms with E-state index in [2.05, 4.69) is 48.3 Å². The molecule has 0 fully saturated rings. The van der Waals surface area contributed by atoms with Crippen molar-refractivity contribution < 1.29 is 5.48 Å². The minimum atomic E-state index is 0. The van der Waals surface area contributed by atoms with Crippen LogP contribution in [-0.2, 0) is 0 Å². The van der Waals surface area contributed by atoms with Crippen LogP contribution in [0.1, 0.15) is 0 Å². The molecule has 23 heavy (non-hydrogen) atoms. The summed E-state index contributed by atoms with van der Waals surface area (Å²) in [5, 5.41) is 2.18. The zero-order chi connectivity index (χ0) is 15.6. The fourth-order valence-corrected chi connectivity index (χ4v) is 1.85. The second-order valence-corrected chi connectivity index (χ2v) is 4.16. The number of rotatable bonds is 0. The molecule has 0 atom stereocenters. The van der Waals surface area contributed by atoms with Crippen LogP contribution in [0, 0.1) is 0 Å². The Balaban J connectivity index is 0.000000200. The van der Waals surface area contributed by atoms with Crippen LogP contribution in [0.25, 0.3) is 21.8 Å². The zero-order valence-corrected chi connectivity index (χ0v) is 15.5. The molecule has 2 radical (unpaired) electrons. The summed E-state index contributed by atoms with van der Waals surface area (Å²) in [6.45, 7) is 0. The normalized spacial score (nSPS) is 8.96. The van der Waals surface area contributed by atoms with Crippen molar-refractivity contribution in [3.8, 4) is 0 Å². The van der Waals surface area contributed by atoms with Crippen LogP contribution < -0.4 is 0 Å². The number of para-hydroxylation sites is 2. The van der Waals surface area contributed by atoms with E-state index in [0.717, 1.165) is 21.8 Å². The molecular formula is C16H14N4OSe2. The summed E-state index contributed by atoms with van der Waals surface area (Å²) in [5.74, 6) is 0. The van der Waals surface area contributed by atoms with E-state index in [1.807, 2.05) is 60.9 Å². The average Bonchev–Trinajstić information content (AvgIpc) is 2.64. The van der Waals surface area contributed by atoms with Gasteiger partial charge in [0.25, 0.3) is 0 Å². The Labute approximate surface area is 149 Å². The van der Waals surface area contributed by atoms with Gasteiger partial charge in [0.2, 0.25) is 0 Å². The first-order valence-corrected chi connectivity index (χ1v) is 10.7. The van der Waals surface area contributed by atoms with Crippen LogP contribution in [0.15, 0.2) is 73.6 Å². The van der Waals surface area contributed by atoms with E-state index in [1.54, 1.807) is 12.7 Å². The first-order valence-electron chi connectivity index (χ1n) is 6.40. The number of aromatic nitrogens is 4.